The molecule has 142 valence electrons. The number of hydrogen-bond acceptors (Lipinski definition) is 4. The molecule has 0 bridgehead atoms. The summed E-state index contributed by atoms with van der Waals surface area (Å²) < 4.78 is 7.18. The number of aryl methyl sites for hydroxylation is 2. The molecule has 0 aliphatic heterocycles. The van der Waals surface area contributed by atoms with Gasteiger partial charge in [0.05, 0.1) is 18.0 Å². The van der Waals surface area contributed by atoms with Crippen molar-refractivity contribution in [3.05, 3.63) is 59.7 Å². The van der Waals surface area contributed by atoms with Crippen LogP contribution in [-0.4, -0.2) is 27.8 Å². The molecule has 0 saturated heterocycles. The van der Waals surface area contributed by atoms with Crippen molar-refractivity contribution < 1.29 is 9.53 Å². The summed E-state index contributed by atoms with van der Waals surface area (Å²) in [4.78, 5) is 17.5. The van der Waals surface area contributed by atoms with Crippen LogP contribution in [0.2, 0.25) is 0 Å². The van der Waals surface area contributed by atoms with Gasteiger partial charge < -0.3 is 10.1 Å². The van der Waals surface area contributed by atoms with E-state index >= 15 is 0 Å². The maximum Gasteiger partial charge on any atom is 0.256 e. The number of ether oxygens (including phenoxy) is 1. The van der Waals surface area contributed by atoms with E-state index in [4.69, 9.17) is 9.72 Å². The Balaban J connectivity index is 1.82. The lowest BCUT2D eigenvalue weighted by Gasteiger charge is -2.05. The average Bonchev–Trinajstić information content (AvgIpc) is 3.02. The molecule has 0 aliphatic carbocycles. The molecular formula is C22H22N4O2. The third-order valence-electron chi connectivity index (χ3n) is 4.67. The number of carbonyl (C=O) groups is 1. The maximum absolute atomic E-state index is 12.7. The monoisotopic (exact) mass is 374 g/mol. The van der Waals surface area contributed by atoms with E-state index in [1.54, 1.807) is 13.2 Å². The van der Waals surface area contributed by atoms with Gasteiger partial charge in [-0.15, -0.1) is 0 Å². The molecule has 2 aromatic heterocycles. The second kappa shape index (κ2) is 7.31. The number of anilines is 1. The van der Waals surface area contributed by atoms with Crippen molar-refractivity contribution in [3.63, 3.8) is 0 Å². The van der Waals surface area contributed by atoms with Crippen LogP contribution in [0.25, 0.3) is 21.9 Å². The lowest BCUT2D eigenvalue weighted by molar-refractivity contribution is 0.102. The Morgan fingerprint density at radius 1 is 1.18 bits per heavy atom. The highest BCUT2D eigenvalue weighted by Gasteiger charge is 2.16. The number of methoxy groups -OCH3 is 1. The van der Waals surface area contributed by atoms with Crippen molar-refractivity contribution in [2.75, 3.05) is 12.4 Å². The number of hydrogen-bond donors (Lipinski definition) is 1. The Labute approximate surface area is 163 Å². The highest BCUT2D eigenvalue weighted by atomic mass is 16.5. The number of aromatic nitrogens is 3. The van der Waals surface area contributed by atoms with E-state index in [0.717, 1.165) is 46.2 Å². The maximum atomic E-state index is 12.7. The van der Waals surface area contributed by atoms with E-state index in [0.29, 0.717) is 11.4 Å². The average molecular weight is 374 g/mol. The Hall–Kier alpha value is -3.41. The van der Waals surface area contributed by atoms with E-state index in [1.165, 1.54) is 0 Å². The highest BCUT2D eigenvalue weighted by Crippen LogP contribution is 2.28. The number of rotatable bonds is 5. The summed E-state index contributed by atoms with van der Waals surface area (Å²) in [5, 5.41) is 9.34. The lowest BCUT2D eigenvalue weighted by Crippen LogP contribution is -2.13. The van der Waals surface area contributed by atoms with Gasteiger partial charge in [0.2, 0.25) is 0 Å². The van der Waals surface area contributed by atoms with Gasteiger partial charge in [0, 0.05) is 17.5 Å². The van der Waals surface area contributed by atoms with Gasteiger partial charge in [-0.25, -0.2) is 9.67 Å². The molecule has 2 heterocycles. The van der Waals surface area contributed by atoms with Crippen LogP contribution in [0.4, 0.5) is 5.82 Å². The van der Waals surface area contributed by atoms with E-state index in [2.05, 4.69) is 17.3 Å². The van der Waals surface area contributed by atoms with E-state index in [9.17, 15) is 4.79 Å². The second-order valence-corrected chi connectivity index (χ2v) is 6.81. The zero-order chi connectivity index (χ0) is 19.7. The summed E-state index contributed by atoms with van der Waals surface area (Å²) in [6.07, 6.45) is 0.921. The molecule has 0 unspecified atom stereocenters. The Morgan fingerprint density at radius 2 is 2.04 bits per heavy atom. The molecule has 28 heavy (non-hydrogen) atoms. The zero-order valence-corrected chi connectivity index (χ0v) is 16.2. The number of nitrogens with one attached hydrogen (secondary N) is 1. The first kappa shape index (κ1) is 18.0. The van der Waals surface area contributed by atoms with Gasteiger partial charge in [-0.3, -0.25) is 4.79 Å². The van der Waals surface area contributed by atoms with E-state index in [-0.39, 0.29) is 5.91 Å². The lowest BCUT2D eigenvalue weighted by atomic mass is 10.1. The summed E-state index contributed by atoms with van der Waals surface area (Å²) in [5.74, 6) is 1.10. The zero-order valence-electron chi connectivity index (χ0n) is 16.2. The SMILES string of the molecule is CCCn1nc(NC(=O)c2cccc(C)c2)c2cc3cc(OC)ccc3nc21. The van der Waals surface area contributed by atoms with Crippen molar-refractivity contribution in [2.45, 2.75) is 26.8 Å². The van der Waals surface area contributed by atoms with Gasteiger partial charge >= 0.3 is 0 Å². The Bertz CT molecular complexity index is 1180. The fourth-order valence-corrected chi connectivity index (χ4v) is 3.29. The van der Waals surface area contributed by atoms with Gasteiger partial charge in [0.1, 0.15) is 5.75 Å². The van der Waals surface area contributed by atoms with Crippen LogP contribution >= 0.6 is 0 Å². The van der Waals surface area contributed by atoms with Gasteiger partial charge in [-0.05, 0) is 49.7 Å². The van der Waals surface area contributed by atoms with Crippen molar-refractivity contribution in [1.29, 1.82) is 0 Å². The topological polar surface area (TPSA) is 69.0 Å². The van der Waals surface area contributed by atoms with Gasteiger partial charge in [0.25, 0.3) is 5.91 Å². The molecule has 0 aliphatic rings. The van der Waals surface area contributed by atoms with Gasteiger partial charge in [-0.2, -0.15) is 5.10 Å². The molecule has 0 saturated carbocycles. The van der Waals surface area contributed by atoms with Crippen LogP contribution in [0.1, 0.15) is 29.3 Å². The summed E-state index contributed by atoms with van der Waals surface area (Å²) in [5.41, 5.74) is 3.27. The number of amides is 1. The molecule has 6 heteroatoms. The predicted octanol–water partition coefficient (Wildman–Crippen LogP) is 4.56. The first-order chi connectivity index (χ1) is 13.6. The molecule has 4 aromatic rings. The third-order valence-corrected chi connectivity index (χ3v) is 4.67. The molecule has 1 N–H and O–H groups in total. The molecule has 2 aromatic carbocycles. The van der Waals surface area contributed by atoms with Crippen molar-refractivity contribution in [1.82, 2.24) is 14.8 Å². The van der Waals surface area contributed by atoms with Crippen LogP contribution in [0.15, 0.2) is 48.5 Å². The molecule has 1 amide bonds. The number of fused-ring (bicyclic) bond motifs is 2. The molecule has 0 fully saturated rings. The Morgan fingerprint density at radius 3 is 2.79 bits per heavy atom. The molecular weight excluding hydrogens is 352 g/mol. The van der Waals surface area contributed by atoms with Crippen LogP contribution in [0.5, 0.6) is 5.75 Å². The smallest absolute Gasteiger partial charge is 0.256 e. The van der Waals surface area contributed by atoms with Crippen LogP contribution < -0.4 is 10.1 Å². The molecule has 0 atom stereocenters. The number of carbonyl (C=O) groups excluding carboxylic acids is 1. The molecule has 4 rings (SSSR count). The summed E-state index contributed by atoms with van der Waals surface area (Å²) >= 11 is 0. The fourth-order valence-electron chi connectivity index (χ4n) is 3.29. The standard InChI is InChI=1S/C22H22N4O2/c1-4-10-26-21-18(13-16-12-17(28-3)8-9-19(16)23-21)20(25-26)24-22(27)15-7-5-6-14(2)11-15/h5-9,11-13H,4,10H2,1-3H3,(H,24,25,27). The molecule has 0 spiro atoms. The predicted molar refractivity (Wildman–Crippen MR) is 111 cm³/mol. The molecule has 6 nitrogen and oxygen atoms in total. The third kappa shape index (κ3) is 3.29. The second-order valence-electron chi connectivity index (χ2n) is 6.81. The number of pyridine rings is 1. The largest absolute Gasteiger partial charge is 0.497 e. The Kier molecular flexibility index (Phi) is 4.69. The quantitative estimate of drug-likeness (QED) is 0.556. The normalized spacial score (nSPS) is 11.1. The molecule has 0 radical (unpaired) electrons. The first-order valence-corrected chi connectivity index (χ1v) is 9.32. The van der Waals surface area contributed by atoms with Gasteiger partial charge in [-0.1, -0.05) is 24.6 Å². The minimum atomic E-state index is -0.183. The van der Waals surface area contributed by atoms with E-state index in [1.807, 2.05) is 54.1 Å². The number of nitrogens with zero attached hydrogens (tertiary/aromatic N) is 3. The highest BCUT2D eigenvalue weighted by molar-refractivity contribution is 6.09. The first-order valence-electron chi connectivity index (χ1n) is 9.32. The van der Waals surface area contributed by atoms with Gasteiger partial charge in [0.15, 0.2) is 11.5 Å². The van der Waals surface area contributed by atoms with Crippen molar-refractivity contribution in [2.24, 2.45) is 0 Å². The van der Waals surface area contributed by atoms with Crippen LogP contribution in [0, 0.1) is 6.92 Å². The van der Waals surface area contributed by atoms with E-state index < -0.39 is 0 Å². The number of benzene rings is 2. The summed E-state index contributed by atoms with van der Waals surface area (Å²) in [6.45, 7) is 4.78. The minimum Gasteiger partial charge on any atom is -0.497 e. The van der Waals surface area contributed by atoms with Crippen molar-refractivity contribution >= 4 is 33.7 Å². The van der Waals surface area contributed by atoms with Crippen LogP contribution in [0.3, 0.4) is 0 Å². The summed E-state index contributed by atoms with van der Waals surface area (Å²) in [7, 11) is 1.64. The summed E-state index contributed by atoms with van der Waals surface area (Å²) in [6, 6.07) is 15.3. The van der Waals surface area contributed by atoms with Crippen molar-refractivity contribution in [3.8, 4) is 5.75 Å². The fraction of sp³-hybridized carbons (Fsp3) is 0.227. The minimum absolute atomic E-state index is 0.183. The van der Waals surface area contributed by atoms with Crippen LogP contribution in [-0.2, 0) is 6.54 Å².